The fraction of sp³-hybridized carbons (Fsp3) is 0.435. The molecule has 2 heterocycles. The van der Waals surface area contributed by atoms with Crippen molar-refractivity contribution >= 4 is 35.8 Å². The van der Waals surface area contributed by atoms with Gasteiger partial charge < -0.3 is 15.5 Å². The first-order valence-electron chi connectivity index (χ1n) is 10.6. The van der Waals surface area contributed by atoms with Gasteiger partial charge in [-0.15, -0.1) is 24.0 Å². The van der Waals surface area contributed by atoms with Crippen LogP contribution in [-0.4, -0.2) is 66.4 Å². The summed E-state index contributed by atoms with van der Waals surface area (Å²) in [6, 6.07) is 13.6. The highest BCUT2D eigenvalue weighted by atomic mass is 127. The van der Waals surface area contributed by atoms with Crippen molar-refractivity contribution < 1.29 is 9.18 Å². The Balaban J connectivity index is 0.00000363. The molecule has 9 heteroatoms. The molecule has 0 spiro atoms. The van der Waals surface area contributed by atoms with Crippen LogP contribution in [0.2, 0.25) is 0 Å². The number of carbonyl (C=O) groups excluding carboxylic acids is 1. The minimum atomic E-state index is -0.385. The third-order valence-electron chi connectivity index (χ3n) is 5.30. The second-order valence-electron chi connectivity index (χ2n) is 7.92. The van der Waals surface area contributed by atoms with E-state index in [0.717, 1.165) is 32.5 Å². The molecule has 2 N–H and O–H groups in total. The topological polar surface area (TPSA) is 72.9 Å². The smallest absolute Gasteiger partial charge is 0.241 e. The number of guanidine groups is 1. The summed E-state index contributed by atoms with van der Waals surface area (Å²) in [6.45, 7) is 3.13. The van der Waals surface area contributed by atoms with Gasteiger partial charge in [-0.3, -0.25) is 14.7 Å². The van der Waals surface area contributed by atoms with Crippen LogP contribution in [0.5, 0.6) is 0 Å². The van der Waals surface area contributed by atoms with E-state index in [9.17, 15) is 9.18 Å². The van der Waals surface area contributed by atoms with Crippen molar-refractivity contribution in [3.05, 3.63) is 65.7 Å². The monoisotopic (exact) mass is 554 g/mol. The lowest BCUT2D eigenvalue weighted by molar-refractivity contribution is -0.127. The molecule has 1 saturated heterocycles. The maximum atomic E-state index is 13.9. The van der Waals surface area contributed by atoms with Crippen LogP contribution in [0.25, 0.3) is 0 Å². The Labute approximate surface area is 206 Å². The Kier molecular flexibility index (Phi) is 10.8. The van der Waals surface area contributed by atoms with E-state index in [1.165, 1.54) is 16.5 Å². The van der Waals surface area contributed by atoms with Crippen molar-refractivity contribution in [1.29, 1.82) is 0 Å². The predicted octanol–water partition coefficient (Wildman–Crippen LogP) is 2.63. The lowest BCUT2D eigenvalue weighted by Gasteiger charge is -2.33. The molecule has 0 unspecified atom stereocenters. The number of halogens is 2. The van der Waals surface area contributed by atoms with Gasteiger partial charge >= 0.3 is 0 Å². The Morgan fingerprint density at radius 3 is 2.56 bits per heavy atom. The molecule has 1 aromatic heterocycles. The Hall–Kier alpha value is -2.27. The number of rotatable bonds is 7. The van der Waals surface area contributed by atoms with E-state index in [-0.39, 0.29) is 60.5 Å². The van der Waals surface area contributed by atoms with Gasteiger partial charge in [-0.2, -0.15) is 0 Å². The van der Waals surface area contributed by atoms with Gasteiger partial charge in [0.2, 0.25) is 5.91 Å². The van der Waals surface area contributed by atoms with Gasteiger partial charge in [-0.05, 0) is 30.5 Å². The van der Waals surface area contributed by atoms with E-state index < -0.39 is 0 Å². The maximum absolute atomic E-state index is 13.9. The quantitative estimate of drug-likeness (QED) is 0.313. The van der Waals surface area contributed by atoms with Gasteiger partial charge in [0.25, 0.3) is 0 Å². The molecule has 0 atom stereocenters. The first-order valence-corrected chi connectivity index (χ1v) is 10.6. The third kappa shape index (κ3) is 8.34. The summed E-state index contributed by atoms with van der Waals surface area (Å²) in [5.74, 6) is 0.0575. The lowest BCUT2D eigenvalue weighted by Crippen LogP contribution is -2.50. The second kappa shape index (κ2) is 13.3. The average molecular weight is 554 g/mol. The molecule has 3 rings (SSSR count). The van der Waals surface area contributed by atoms with Crippen LogP contribution in [-0.2, 0) is 17.9 Å². The van der Waals surface area contributed by atoms with E-state index in [1.807, 2.05) is 6.07 Å². The third-order valence-corrected chi connectivity index (χ3v) is 5.30. The number of hydrogen-bond donors (Lipinski definition) is 2. The van der Waals surface area contributed by atoms with Gasteiger partial charge in [0.15, 0.2) is 5.96 Å². The molecule has 0 saturated carbocycles. The number of hydrogen-bond acceptors (Lipinski definition) is 4. The fourth-order valence-corrected chi connectivity index (χ4v) is 3.43. The molecule has 1 aromatic carbocycles. The minimum absolute atomic E-state index is 0. The highest BCUT2D eigenvalue weighted by Gasteiger charge is 2.20. The normalized spacial score (nSPS) is 15.0. The molecule has 7 nitrogen and oxygen atoms in total. The minimum Gasteiger partial charge on any atom is -0.354 e. The molecule has 174 valence electrons. The highest BCUT2D eigenvalue weighted by molar-refractivity contribution is 14.0. The molecule has 1 fully saturated rings. The van der Waals surface area contributed by atoms with Crippen LogP contribution in [0.3, 0.4) is 0 Å². The predicted molar refractivity (Wildman–Crippen MR) is 135 cm³/mol. The van der Waals surface area contributed by atoms with E-state index in [2.05, 4.69) is 49.8 Å². The van der Waals surface area contributed by atoms with Gasteiger partial charge in [0.05, 0.1) is 18.8 Å². The number of nitrogens with one attached hydrogen (secondary N) is 2. The average Bonchev–Trinajstić information content (AvgIpc) is 2.78. The number of piperidine rings is 1. The zero-order valence-corrected chi connectivity index (χ0v) is 21.0. The molecule has 0 radical (unpaired) electrons. The van der Waals surface area contributed by atoms with Crippen LogP contribution < -0.4 is 10.6 Å². The van der Waals surface area contributed by atoms with E-state index in [1.54, 1.807) is 26.4 Å². The summed E-state index contributed by atoms with van der Waals surface area (Å²) in [7, 11) is 3.42. The Morgan fingerprint density at radius 2 is 1.91 bits per heavy atom. The molecule has 0 aliphatic carbocycles. The Bertz CT molecular complexity index is 872. The van der Waals surface area contributed by atoms with Gasteiger partial charge in [0, 0.05) is 46.0 Å². The summed E-state index contributed by atoms with van der Waals surface area (Å²) in [5.41, 5.74) is 1.60. The summed E-state index contributed by atoms with van der Waals surface area (Å²) in [5, 5.41) is 6.49. The number of carbonyl (C=O) groups is 1. The van der Waals surface area contributed by atoms with Crippen molar-refractivity contribution in [2.75, 3.05) is 33.7 Å². The standard InChI is InChI=1S/C23H31FN6O.HI/c1-29(2)22(31)16-27-23(26-15-21-20(24)9-6-12-25-21)28-19-10-13-30(14-11-19)17-18-7-4-3-5-8-18;/h3-9,12,19H,10-11,13-17H2,1-2H3,(H2,26,27,28);1H. The van der Waals surface area contributed by atoms with Crippen LogP contribution in [0.1, 0.15) is 24.1 Å². The zero-order valence-electron chi connectivity index (χ0n) is 18.6. The zero-order chi connectivity index (χ0) is 22.1. The van der Waals surface area contributed by atoms with Crippen molar-refractivity contribution in [2.24, 2.45) is 4.99 Å². The number of likely N-dealkylation sites (tertiary alicyclic amines) is 1. The number of pyridine rings is 1. The SMILES string of the molecule is CN(C)C(=O)CNC(=NCc1ncccc1F)NC1CCN(Cc2ccccc2)CC1.I. The van der Waals surface area contributed by atoms with Crippen LogP contribution in [0.4, 0.5) is 4.39 Å². The molecular formula is C23H32FIN6O. The number of likely N-dealkylation sites (N-methyl/N-ethyl adjacent to an activating group) is 1. The molecule has 2 aromatic rings. The first kappa shape index (κ1) is 26.0. The van der Waals surface area contributed by atoms with Gasteiger partial charge in [0.1, 0.15) is 5.82 Å². The fourth-order valence-electron chi connectivity index (χ4n) is 3.43. The second-order valence-corrected chi connectivity index (χ2v) is 7.92. The highest BCUT2D eigenvalue weighted by Crippen LogP contribution is 2.14. The number of benzene rings is 1. The van der Waals surface area contributed by atoms with Crippen LogP contribution >= 0.6 is 24.0 Å². The summed E-state index contributed by atoms with van der Waals surface area (Å²) in [4.78, 5) is 24.5. The molecule has 1 aliphatic rings. The lowest BCUT2D eigenvalue weighted by atomic mass is 10.0. The number of amides is 1. The summed E-state index contributed by atoms with van der Waals surface area (Å²) in [6.07, 6.45) is 3.48. The van der Waals surface area contributed by atoms with Crippen LogP contribution in [0, 0.1) is 5.82 Å². The molecular weight excluding hydrogens is 522 g/mol. The maximum Gasteiger partial charge on any atom is 0.241 e. The molecule has 0 bridgehead atoms. The number of nitrogens with zero attached hydrogens (tertiary/aromatic N) is 4. The van der Waals surface area contributed by atoms with Crippen molar-refractivity contribution in [1.82, 2.24) is 25.4 Å². The van der Waals surface area contributed by atoms with Gasteiger partial charge in [-0.25, -0.2) is 9.38 Å². The van der Waals surface area contributed by atoms with E-state index in [0.29, 0.717) is 5.96 Å². The van der Waals surface area contributed by atoms with Crippen molar-refractivity contribution in [3.63, 3.8) is 0 Å². The largest absolute Gasteiger partial charge is 0.354 e. The van der Waals surface area contributed by atoms with Crippen molar-refractivity contribution in [3.8, 4) is 0 Å². The Morgan fingerprint density at radius 1 is 1.19 bits per heavy atom. The van der Waals surface area contributed by atoms with E-state index in [4.69, 9.17) is 0 Å². The summed E-state index contributed by atoms with van der Waals surface area (Å²) >= 11 is 0. The molecule has 32 heavy (non-hydrogen) atoms. The molecule has 1 amide bonds. The van der Waals surface area contributed by atoms with Gasteiger partial charge in [-0.1, -0.05) is 30.3 Å². The first-order chi connectivity index (χ1) is 15.0. The number of aromatic nitrogens is 1. The van der Waals surface area contributed by atoms with E-state index >= 15 is 0 Å². The van der Waals surface area contributed by atoms with Crippen molar-refractivity contribution in [2.45, 2.75) is 32.0 Å². The van der Waals surface area contributed by atoms with Crippen LogP contribution in [0.15, 0.2) is 53.7 Å². The summed E-state index contributed by atoms with van der Waals surface area (Å²) < 4.78 is 13.9. The molecule has 1 aliphatic heterocycles. The number of aliphatic imine (C=N–C) groups is 1.